The van der Waals surface area contributed by atoms with E-state index in [1.165, 1.54) is 6.08 Å². The van der Waals surface area contributed by atoms with Gasteiger partial charge in [-0.3, -0.25) is 0 Å². The quantitative estimate of drug-likeness (QED) is 0.628. The molecule has 0 heterocycles. The van der Waals surface area contributed by atoms with Gasteiger partial charge < -0.3 is 9.84 Å². The van der Waals surface area contributed by atoms with Crippen molar-refractivity contribution >= 4 is 5.97 Å². The topological polar surface area (TPSA) is 46.5 Å². The van der Waals surface area contributed by atoms with E-state index in [0.717, 1.165) is 5.56 Å². The van der Waals surface area contributed by atoms with Crippen LogP contribution in [-0.2, 0) is 16.1 Å². The predicted octanol–water partition coefficient (Wildman–Crippen LogP) is 2.30. The molecule has 3 heteroatoms. The standard InChI is InChI=1S/C14H18O3/c1-11(12(2)15)8-9-14(16)17-10-13-6-4-3-5-7-13/h3-9,11-12,15H,10H2,1-2H3/b9-8+/t11-,12-/m1/s1. The predicted molar refractivity (Wildman–Crippen MR) is 66.2 cm³/mol. The molecule has 0 bridgehead atoms. The van der Waals surface area contributed by atoms with Crippen LogP contribution in [-0.4, -0.2) is 17.2 Å². The van der Waals surface area contributed by atoms with Crippen LogP contribution in [0.1, 0.15) is 19.4 Å². The highest BCUT2D eigenvalue weighted by Gasteiger charge is 2.05. The van der Waals surface area contributed by atoms with E-state index in [-0.39, 0.29) is 18.5 Å². The van der Waals surface area contributed by atoms with Crippen LogP contribution in [0.4, 0.5) is 0 Å². The van der Waals surface area contributed by atoms with Crippen LogP contribution in [0.3, 0.4) is 0 Å². The number of hydrogen-bond acceptors (Lipinski definition) is 3. The first kappa shape index (κ1) is 13.5. The van der Waals surface area contributed by atoms with Crippen LogP contribution in [0, 0.1) is 5.92 Å². The average molecular weight is 234 g/mol. The van der Waals surface area contributed by atoms with Gasteiger partial charge in [0.1, 0.15) is 6.61 Å². The molecule has 1 aromatic rings. The molecule has 0 amide bonds. The summed E-state index contributed by atoms with van der Waals surface area (Å²) in [5.74, 6) is -0.444. The van der Waals surface area contributed by atoms with Crippen molar-refractivity contribution in [1.29, 1.82) is 0 Å². The molecule has 0 fully saturated rings. The summed E-state index contributed by atoms with van der Waals surface area (Å²) in [5, 5.41) is 9.24. The Hall–Kier alpha value is -1.61. The lowest BCUT2D eigenvalue weighted by Crippen LogP contribution is -2.11. The fourth-order valence-corrected chi connectivity index (χ4v) is 1.17. The zero-order valence-corrected chi connectivity index (χ0v) is 10.2. The van der Waals surface area contributed by atoms with Gasteiger partial charge in [0.05, 0.1) is 6.10 Å². The van der Waals surface area contributed by atoms with Gasteiger partial charge in [-0.05, 0) is 12.5 Å². The second kappa shape index (κ2) is 6.86. The van der Waals surface area contributed by atoms with Crippen LogP contribution in [0.5, 0.6) is 0 Å². The molecule has 0 radical (unpaired) electrons. The molecule has 0 spiro atoms. The molecule has 0 aliphatic heterocycles. The molecular weight excluding hydrogens is 216 g/mol. The molecular formula is C14H18O3. The van der Waals surface area contributed by atoms with Crippen molar-refractivity contribution in [2.45, 2.75) is 26.6 Å². The van der Waals surface area contributed by atoms with Crippen LogP contribution >= 0.6 is 0 Å². The van der Waals surface area contributed by atoms with Crippen LogP contribution in [0.15, 0.2) is 42.5 Å². The first-order valence-corrected chi connectivity index (χ1v) is 5.66. The van der Waals surface area contributed by atoms with Crippen molar-refractivity contribution in [3.63, 3.8) is 0 Å². The summed E-state index contributed by atoms with van der Waals surface area (Å²) < 4.78 is 5.05. The van der Waals surface area contributed by atoms with E-state index in [1.54, 1.807) is 13.0 Å². The lowest BCUT2D eigenvalue weighted by atomic mass is 10.1. The number of aliphatic hydroxyl groups is 1. The summed E-state index contributed by atoms with van der Waals surface area (Å²) >= 11 is 0. The fraction of sp³-hybridized carbons (Fsp3) is 0.357. The largest absolute Gasteiger partial charge is 0.458 e. The Morgan fingerprint density at radius 3 is 2.59 bits per heavy atom. The van der Waals surface area contributed by atoms with Gasteiger partial charge in [-0.2, -0.15) is 0 Å². The summed E-state index contributed by atoms with van der Waals surface area (Å²) in [7, 11) is 0. The molecule has 2 atom stereocenters. The summed E-state index contributed by atoms with van der Waals surface area (Å²) in [5.41, 5.74) is 0.956. The van der Waals surface area contributed by atoms with Crippen molar-refractivity contribution in [3.8, 4) is 0 Å². The lowest BCUT2D eigenvalue weighted by Gasteiger charge is -2.08. The van der Waals surface area contributed by atoms with Crippen molar-refractivity contribution in [1.82, 2.24) is 0 Å². The first-order chi connectivity index (χ1) is 8.09. The van der Waals surface area contributed by atoms with E-state index < -0.39 is 6.10 Å². The van der Waals surface area contributed by atoms with Gasteiger partial charge in [0.15, 0.2) is 0 Å². The SMILES string of the molecule is C[C@H](/C=C/C(=O)OCc1ccccc1)[C@@H](C)O. The highest BCUT2D eigenvalue weighted by molar-refractivity contribution is 5.81. The Morgan fingerprint density at radius 1 is 1.35 bits per heavy atom. The highest BCUT2D eigenvalue weighted by Crippen LogP contribution is 2.05. The Labute approximate surface area is 102 Å². The summed E-state index contributed by atoms with van der Waals surface area (Å²) in [6, 6.07) is 9.50. The molecule has 0 saturated carbocycles. The number of carbonyl (C=O) groups is 1. The van der Waals surface area contributed by atoms with Gasteiger partial charge in [0.25, 0.3) is 0 Å². The van der Waals surface area contributed by atoms with Gasteiger partial charge in [0, 0.05) is 12.0 Å². The normalized spacial score (nSPS) is 14.5. The maximum atomic E-state index is 11.4. The fourth-order valence-electron chi connectivity index (χ4n) is 1.17. The number of carbonyl (C=O) groups excluding carboxylic acids is 1. The average Bonchev–Trinajstić information content (AvgIpc) is 2.34. The van der Waals surface area contributed by atoms with Crippen LogP contribution in [0.2, 0.25) is 0 Å². The van der Waals surface area contributed by atoms with Crippen LogP contribution < -0.4 is 0 Å². The molecule has 0 unspecified atom stereocenters. The molecule has 92 valence electrons. The third kappa shape index (κ3) is 5.31. The zero-order chi connectivity index (χ0) is 12.7. The minimum atomic E-state index is -0.465. The highest BCUT2D eigenvalue weighted by atomic mass is 16.5. The molecule has 1 rings (SSSR count). The smallest absolute Gasteiger partial charge is 0.330 e. The van der Waals surface area contributed by atoms with Gasteiger partial charge in [-0.25, -0.2) is 4.79 Å². The Bertz CT molecular complexity index is 368. The maximum absolute atomic E-state index is 11.4. The number of benzene rings is 1. The molecule has 3 nitrogen and oxygen atoms in total. The van der Waals surface area contributed by atoms with Crippen molar-refractivity contribution in [2.75, 3.05) is 0 Å². The second-order valence-corrected chi connectivity index (χ2v) is 4.05. The van der Waals surface area contributed by atoms with E-state index in [1.807, 2.05) is 37.3 Å². The van der Waals surface area contributed by atoms with Crippen molar-refractivity contribution < 1.29 is 14.6 Å². The Morgan fingerprint density at radius 2 is 2.00 bits per heavy atom. The monoisotopic (exact) mass is 234 g/mol. The van der Waals surface area contributed by atoms with Crippen molar-refractivity contribution in [2.24, 2.45) is 5.92 Å². The van der Waals surface area contributed by atoms with Gasteiger partial charge in [-0.1, -0.05) is 43.3 Å². The second-order valence-electron chi connectivity index (χ2n) is 4.05. The lowest BCUT2D eigenvalue weighted by molar-refractivity contribution is -0.139. The van der Waals surface area contributed by atoms with E-state index in [2.05, 4.69) is 0 Å². The van der Waals surface area contributed by atoms with Gasteiger partial charge >= 0.3 is 5.97 Å². The number of ether oxygens (including phenoxy) is 1. The number of hydrogen-bond donors (Lipinski definition) is 1. The number of rotatable bonds is 5. The number of aliphatic hydroxyl groups excluding tert-OH is 1. The third-order valence-electron chi connectivity index (χ3n) is 2.52. The van der Waals surface area contributed by atoms with Gasteiger partial charge in [-0.15, -0.1) is 0 Å². The third-order valence-corrected chi connectivity index (χ3v) is 2.52. The van der Waals surface area contributed by atoms with Gasteiger partial charge in [0.2, 0.25) is 0 Å². The first-order valence-electron chi connectivity index (χ1n) is 5.66. The maximum Gasteiger partial charge on any atom is 0.330 e. The molecule has 1 aromatic carbocycles. The molecule has 17 heavy (non-hydrogen) atoms. The Balaban J connectivity index is 2.36. The molecule has 0 aliphatic carbocycles. The zero-order valence-electron chi connectivity index (χ0n) is 10.2. The van der Waals surface area contributed by atoms with E-state index >= 15 is 0 Å². The summed E-state index contributed by atoms with van der Waals surface area (Å²) in [6.07, 6.45) is 2.55. The minimum absolute atomic E-state index is 0.0562. The summed E-state index contributed by atoms with van der Waals surface area (Å²) in [6.45, 7) is 3.79. The molecule has 0 saturated heterocycles. The van der Waals surface area contributed by atoms with Crippen LogP contribution in [0.25, 0.3) is 0 Å². The molecule has 1 N–H and O–H groups in total. The molecule has 0 aliphatic rings. The Kier molecular flexibility index (Phi) is 5.43. The van der Waals surface area contributed by atoms with E-state index in [9.17, 15) is 9.90 Å². The molecule has 0 aromatic heterocycles. The summed E-state index contributed by atoms with van der Waals surface area (Å²) in [4.78, 5) is 11.4. The van der Waals surface area contributed by atoms with Crippen molar-refractivity contribution in [3.05, 3.63) is 48.0 Å². The minimum Gasteiger partial charge on any atom is -0.458 e. The number of esters is 1. The van der Waals surface area contributed by atoms with E-state index in [4.69, 9.17) is 4.74 Å². The van der Waals surface area contributed by atoms with E-state index in [0.29, 0.717) is 0 Å².